The van der Waals surface area contributed by atoms with Crippen LogP contribution < -0.4 is 0 Å². The van der Waals surface area contributed by atoms with Crippen LogP contribution in [0.15, 0.2) is 12.7 Å². The summed E-state index contributed by atoms with van der Waals surface area (Å²) in [5, 5.41) is 9.41. The first kappa shape index (κ1) is 11.8. The van der Waals surface area contributed by atoms with Crippen molar-refractivity contribution in [1.29, 1.82) is 0 Å². The number of ether oxygens (including phenoxy) is 1. The van der Waals surface area contributed by atoms with Gasteiger partial charge in [-0.3, -0.25) is 0 Å². The van der Waals surface area contributed by atoms with Crippen LogP contribution >= 0.6 is 11.6 Å². The molecule has 7 heteroatoms. The van der Waals surface area contributed by atoms with Crippen LogP contribution in [0.2, 0.25) is 5.15 Å². The lowest BCUT2D eigenvalue weighted by molar-refractivity contribution is 0.0699. The Kier molecular flexibility index (Phi) is 3.15. The van der Waals surface area contributed by atoms with Gasteiger partial charge in [-0.1, -0.05) is 11.6 Å². The lowest BCUT2D eigenvalue weighted by atomic mass is 10.1. The van der Waals surface area contributed by atoms with Crippen LogP contribution in [-0.2, 0) is 4.74 Å². The van der Waals surface area contributed by atoms with Crippen molar-refractivity contribution in [1.82, 2.24) is 19.5 Å². The van der Waals surface area contributed by atoms with Crippen LogP contribution in [0.1, 0.15) is 18.9 Å². The number of aromatic nitrogens is 4. The molecule has 1 aliphatic heterocycles. The largest absolute Gasteiger partial charge is 0.396 e. The topological polar surface area (TPSA) is 73.1 Å². The molecule has 2 aromatic rings. The first-order valence-electron chi connectivity index (χ1n) is 5.86. The second kappa shape index (κ2) is 4.79. The molecule has 0 unspecified atom stereocenters. The number of imidazole rings is 1. The molecule has 2 aromatic heterocycles. The molecule has 3 rings (SSSR count). The summed E-state index contributed by atoms with van der Waals surface area (Å²) >= 11 is 5.98. The number of nitrogens with zero attached hydrogens (tertiary/aromatic N) is 4. The number of fused-ring (bicyclic) bond motifs is 1. The molecule has 0 spiro atoms. The molecular weight excluding hydrogens is 256 g/mol. The zero-order valence-electron chi connectivity index (χ0n) is 9.66. The van der Waals surface area contributed by atoms with Crippen molar-refractivity contribution < 1.29 is 9.84 Å². The van der Waals surface area contributed by atoms with E-state index in [9.17, 15) is 0 Å². The molecular formula is C11H13ClN4O2. The minimum absolute atomic E-state index is 0.00106. The van der Waals surface area contributed by atoms with Gasteiger partial charge in [0, 0.05) is 13.2 Å². The molecule has 3 heterocycles. The summed E-state index contributed by atoms with van der Waals surface area (Å²) in [5.41, 5.74) is 1.32. The van der Waals surface area contributed by atoms with Gasteiger partial charge in [-0.05, 0) is 12.8 Å². The Hall–Kier alpha value is -1.24. The van der Waals surface area contributed by atoms with Gasteiger partial charge in [-0.15, -0.1) is 0 Å². The maximum absolute atomic E-state index is 9.05. The molecule has 0 saturated carbocycles. The minimum atomic E-state index is 0.00106. The van der Waals surface area contributed by atoms with E-state index in [2.05, 4.69) is 15.0 Å². The van der Waals surface area contributed by atoms with Gasteiger partial charge in [0.2, 0.25) is 0 Å². The third kappa shape index (κ3) is 1.86. The number of hydrogen-bond acceptors (Lipinski definition) is 5. The molecule has 1 saturated heterocycles. The Morgan fingerprint density at radius 1 is 1.44 bits per heavy atom. The maximum atomic E-state index is 9.05. The maximum Gasteiger partial charge on any atom is 0.165 e. The second-order valence-corrected chi connectivity index (χ2v) is 4.62. The number of rotatable bonds is 3. The number of halogens is 1. The summed E-state index contributed by atoms with van der Waals surface area (Å²) < 4.78 is 7.59. The Balaban J connectivity index is 2.01. The Labute approximate surface area is 109 Å². The number of hydrogen-bond donors (Lipinski definition) is 1. The standard InChI is InChI=1S/C11H13ClN4O2/c12-10-9-11(14-5-13-10)16(6-15-9)7-2-4-18-8(7)1-3-17/h5-8,17H,1-4H2/t7-,8+/m1/s1. The average molecular weight is 269 g/mol. The van der Waals surface area contributed by atoms with Crippen LogP contribution in [0.25, 0.3) is 11.2 Å². The van der Waals surface area contributed by atoms with E-state index in [0.29, 0.717) is 29.3 Å². The summed E-state index contributed by atoms with van der Waals surface area (Å²) in [7, 11) is 0. The van der Waals surface area contributed by atoms with Crippen LogP contribution in [0.3, 0.4) is 0 Å². The van der Waals surface area contributed by atoms with Crippen molar-refractivity contribution >= 4 is 22.8 Å². The second-order valence-electron chi connectivity index (χ2n) is 4.27. The lowest BCUT2D eigenvalue weighted by Crippen LogP contribution is -2.21. The molecule has 1 N–H and O–H groups in total. The third-order valence-corrected chi connectivity index (χ3v) is 3.54. The summed E-state index contributed by atoms with van der Waals surface area (Å²) in [6.45, 7) is 0.803. The highest BCUT2D eigenvalue weighted by molar-refractivity contribution is 6.33. The van der Waals surface area contributed by atoms with Crippen molar-refractivity contribution in [2.24, 2.45) is 0 Å². The SMILES string of the molecule is OCC[C@@H]1OCC[C@H]1n1cnc2c(Cl)ncnc21. The molecule has 0 aliphatic carbocycles. The molecule has 96 valence electrons. The molecule has 1 aliphatic rings. The van der Waals surface area contributed by atoms with Gasteiger partial charge in [0.15, 0.2) is 10.8 Å². The zero-order valence-corrected chi connectivity index (χ0v) is 10.4. The quantitative estimate of drug-likeness (QED) is 0.847. The van der Waals surface area contributed by atoms with Crippen LogP contribution in [0.5, 0.6) is 0 Å². The van der Waals surface area contributed by atoms with Gasteiger partial charge in [0.1, 0.15) is 11.8 Å². The van der Waals surface area contributed by atoms with E-state index in [0.717, 1.165) is 6.42 Å². The molecule has 0 amide bonds. The minimum Gasteiger partial charge on any atom is -0.396 e. The molecule has 0 aromatic carbocycles. The van der Waals surface area contributed by atoms with E-state index < -0.39 is 0 Å². The summed E-state index contributed by atoms with van der Waals surface area (Å²) in [6.07, 6.45) is 4.65. The smallest absolute Gasteiger partial charge is 0.165 e. The van der Waals surface area contributed by atoms with Gasteiger partial charge in [0.25, 0.3) is 0 Å². The van der Waals surface area contributed by atoms with Crippen molar-refractivity contribution in [3.8, 4) is 0 Å². The molecule has 1 fully saturated rings. The van der Waals surface area contributed by atoms with Crippen molar-refractivity contribution in [2.75, 3.05) is 13.2 Å². The summed E-state index contributed by atoms with van der Waals surface area (Å²) in [5.74, 6) is 0. The Bertz CT molecular complexity index is 559. The predicted molar refractivity (Wildman–Crippen MR) is 65.4 cm³/mol. The fourth-order valence-electron chi connectivity index (χ4n) is 2.42. The van der Waals surface area contributed by atoms with Crippen molar-refractivity contribution in [3.63, 3.8) is 0 Å². The highest BCUT2D eigenvalue weighted by atomic mass is 35.5. The van der Waals surface area contributed by atoms with E-state index in [1.54, 1.807) is 6.33 Å². The fraction of sp³-hybridized carbons (Fsp3) is 0.545. The van der Waals surface area contributed by atoms with E-state index in [1.807, 2.05) is 4.57 Å². The van der Waals surface area contributed by atoms with Gasteiger partial charge in [-0.2, -0.15) is 0 Å². The van der Waals surface area contributed by atoms with Crippen LogP contribution in [0.4, 0.5) is 0 Å². The fourth-order valence-corrected chi connectivity index (χ4v) is 2.60. The molecule has 6 nitrogen and oxygen atoms in total. The monoisotopic (exact) mass is 268 g/mol. The summed E-state index contributed by atoms with van der Waals surface area (Å²) in [4.78, 5) is 12.4. The molecule has 2 atom stereocenters. The molecule has 18 heavy (non-hydrogen) atoms. The first-order chi connectivity index (χ1) is 8.81. The van der Waals surface area contributed by atoms with E-state index in [-0.39, 0.29) is 18.8 Å². The van der Waals surface area contributed by atoms with E-state index in [4.69, 9.17) is 21.4 Å². The van der Waals surface area contributed by atoms with Crippen molar-refractivity contribution in [3.05, 3.63) is 17.8 Å². The van der Waals surface area contributed by atoms with Crippen LogP contribution in [-0.4, -0.2) is 43.9 Å². The highest BCUT2D eigenvalue weighted by Gasteiger charge is 2.30. The van der Waals surface area contributed by atoms with E-state index in [1.165, 1.54) is 6.33 Å². The normalized spacial score (nSPS) is 23.9. The number of aliphatic hydroxyl groups is 1. The number of aliphatic hydroxyl groups excluding tert-OH is 1. The lowest BCUT2D eigenvalue weighted by Gasteiger charge is -2.19. The zero-order chi connectivity index (χ0) is 12.5. The average Bonchev–Trinajstić information content (AvgIpc) is 2.96. The molecule has 0 bridgehead atoms. The third-order valence-electron chi connectivity index (χ3n) is 3.26. The van der Waals surface area contributed by atoms with Gasteiger partial charge in [0.05, 0.1) is 18.5 Å². The van der Waals surface area contributed by atoms with Gasteiger partial charge >= 0.3 is 0 Å². The van der Waals surface area contributed by atoms with E-state index >= 15 is 0 Å². The molecule has 0 radical (unpaired) electrons. The summed E-state index contributed by atoms with van der Waals surface area (Å²) in [6, 6.07) is 0.146. The van der Waals surface area contributed by atoms with Gasteiger partial charge < -0.3 is 14.4 Å². The predicted octanol–water partition coefficient (Wildman–Crippen LogP) is 1.19. The van der Waals surface area contributed by atoms with Crippen LogP contribution in [0, 0.1) is 0 Å². The Morgan fingerprint density at radius 2 is 2.33 bits per heavy atom. The highest BCUT2D eigenvalue weighted by Crippen LogP contribution is 2.31. The van der Waals surface area contributed by atoms with Gasteiger partial charge in [-0.25, -0.2) is 15.0 Å². The van der Waals surface area contributed by atoms with Crippen molar-refractivity contribution in [2.45, 2.75) is 25.0 Å². The Morgan fingerprint density at radius 3 is 3.17 bits per heavy atom. The first-order valence-corrected chi connectivity index (χ1v) is 6.24.